The molecular formula is C18H22N4O4. The second-order valence-electron chi connectivity index (χ2n) is 6.81. The van der Waals surface area contributed by atoms with Gasteiger partial charge < -0.3 is 16.4 Å². The number of nitrogens with two attached hydrogens (primary N) is 1. The topological polar surface area (TPSA) is 122 Å². The summed E-state index contributed by atoms with van der Waals surface area (Å²) in [5.74, 6) is -1.36. The second kappa shape index (κ2) is 7.15. The number of nitrogens with one attached hydrogen (secondary N) is 2. The summed E-state index contributed by atoms with van der Waals surface area (Å²) in [7, 11) is 0. The van der Waals surface area contributed by atoms with Gasteiger partial charge in [0.2, 0.25) is 11.8 Å². The fourth-order valence-corrected chi connectivity index (χ4v) is 3.55. The summed E-state index contributed by atoms with van der Waals surface area (Å²) < 4.78 is 0. The molecule has 26 heavy (non-hydrogen) atoms. The van der Waals surface area contributed by atoms with Crippen molar-refractivity contribution >= 4 is 29.4 Å². The van der Waals surface area contributed by atoms with Crippen molar-refractivity contribution in [1.82, 2.24) is 10.2 Å². The number of urea groups is 1. The van der Waals surface area contributed by atoms with Crippen LogP contribution in [0.3, 0.4) is 0 Å². The van der Waals surface area contributed by atoms with Crippen molar-refractivity contribution in [2.45, 2.75) is 44.1 Å². The Hall–Kier alpha value is -2.90. The summed E-state index contributed by atoms with van der Waals surface area (Å²) in [4.78, 5) is 49.3. The van der Waals surface area contributed by atoms with E-state index in [9.17, 15) is 19.2 Å². The molecule has 0 atom stereocenters. The van der Waals surface area contributed by atoms with Crippen LogP contribution in [-0.4, -0.2) is 40.7 Å². The minimum absolute atomic E-state index is 0.316. The van der Waals surface area contributed by atoms with Gasteiger partial charge in [-0.25, -0.2) is 4.79 Å². The van der Waals surface area contributed by atoms with Gasteiger partial charge >= 0.3 is 6.03 Å². The Morgan fingerprint density at radius 2 is 1.69 bits per heavy atom. The monoisotopic (exact) mass is 358 g/mol. The molecule has 1 saturated carbocycles. The summed E-state index contributed by atoms with van der Waals surface area (Å²) in [5.41, 5.74) is 5.10. The highest BCUT2D eigenvalue weighted by Crippen LogP contribution is 2.32. The Balaban J connectivity index is 1.64. The fourth-order valence-electron chi connectivity index (χ4n) is 3.55. The number of imide groups is 1. The molecule has 1 aromatic rings. The van der Waals surface area contributed by atoms with Crippen LogP contribution in [0.2, 0.25) is 0 Å². The second-order valence-corrected chi connectivity index (χ2v) is 6.81. The van der Waals surface area contributed by atoms with Crippen molar-refractivity contribution in [1.29, 1.82) is 0 Å². The van der Waals surface area contributed by atoms with Crippen LogP contribution >= 0.6 is 0 Å². The normalized spacial score (nSPS) is 19.2. The largest absolute Gasteiger partial charge is 0.366 e. The Morgan fingerprint density at radius 3 is 2.27 bits per heavy atom. The van der Waals surface area contributed by atoms with Crippen LogP contribution in [0.1, 0.15) is 48.9 Å². The van der Waals surface area contributed by atoms with Crippen molar-refractivity contribution in [2.24, 2.45) is 5.73 Å². The molecule has 1 aromatic carbocycles. The lowest BCUT2D eigenvalue weighted by molar-refractivity contribution is -0.134. The molecule has 4 N–H and O–H groups in total. The molecule has 8 nitrogen and oxygen atoms in total. The number of carbonyl (C=O) groups is 4. The molecule has 2 aliphatic rings. The van der Waals surface area contributed by atoms with Gasteiger partial charge in [-0.2, -0.15) is 0 Å². The van der Waals surface area contributed by atoms with Crippen LogP contribution in [0.25, 0.3) is 0 Å². The average molecular weight is 358 g/mol. The first-order chi connectivity index (χ1) is 12.4. The van der Waals surface area contributed by atoms with Crippen LogP contribution in [0.15, 0.2) is 24.3 Å². The summed E-state index contributed by atoms with van der Waals surface area (Å²) in [5, 5.41) is 5.42. The Morgan fingerprint density at radius 1 is 1.08 bits per heavy atom. The van der Waals surface area contributed by atoms with Crippen LogP contribution in [0, 0.1) is 0 Å². The lowest BCUT2D eigenvalue weighted by Gasteiger charge is -2.24. The number of benzene rings is 1. The Kier molecular flexibility index (Phi) is 4.92. The number of hydrogen-bond acceptors (Lipinski definition) is 4. The minimum atomic E-state index is -0.850. The average Bonchev–Trinajstić information content (AvgIpc) is 2.77. The van der Waals surface area contributed by atoms with Crippen LogP contribution in [0.5, 0.6) is 0 Å². The zero-order chi connectivity index (χ0) is 18.7. The zero-order valence-electron chi connectivity index (χ0n) is 14.4. The minimum Gasteiger partial charge on any atom is -0.366 e. The van der Waals surface area contributed by atoms with E-state index in [4.69, 9.17) is 5.73 Å². The number of hydrogen-bond donors (Lipinski definition) is 3. The number of nitrogens with zero attached hydrogens (tertiary/aromatic N) is 1. The lowest BCUT2D eigenvalue weighted by atomic mass is 9.90. The summed E-state index contributed by atoms with van der Waals surface area (Å²) in [6.07, 6.45) is 5.10. The Labute approximate surface area is 151 Å². The van der Waals surface area contributed by atoms with E-state index in [2.05, 4.69) is 10.6 Å². The van der Waals surface area contributed by atoms with E-state index in [1.165, 1.54) is 24.3 Å². The van der Waals surface area contributed by atoms with Crippen LogP contribution in [0.4, 0.5) is 10.5 Å². The number of carbonyl (C=O) groups excluding carboxylic acids is 4. The third-order valence-electron chi connectivity index (χ3n) is 4.96. The van der Waals surface area contributed by atoms with E-state index in [0.717, 1.165) is 30.6 Å². The van der Waals surface area contributed by atoms with E-state index >= 15 is 0 Å². The van der Waals surface area contributed by atoms with Gasteiger partial charge in [-0.15, -0.1) is 0 Å². The molecule has 1 saturated heterocycles. The molecule has 0 aromatic heterocycles. The van der Waals surface area contributed by atoms with E-state index in [1.54, 1.807) is 0 Å². The number of rotatable bonds is 4. The van der Waals surface area contributed by atoms with Gasteiger partial charge in [0.15, 0.2) is 0 Å². The van der Waals surface area contributed by atoms with Gasteiger partial charge in [0.1, 0.15) is 12.1 Å². The predicted octanol–water partition coefficient (Wildman–Crippen LogP) is 1.37. The first-order valence-corrected chi connectivity index (χ1v) is 8.75. The molecule has 1 aliphatic heterocycles. The number of anilines is 1. The SMILES string of the molecule is NC(=O)c1ccc(NC(=O)CN2C(=O)NC3(CCCCCC3)C2=O)cc1. The van der Waals surface area contributed by atoms with Gasteiger partial charge in [-0.1, -0.05) is 25.7 Å². The highest BCUT2D eigenvalue weighted by molar-refractivity contribution is 6.10. The highest BCUT2D eigenvalue weighted by atomic mass is 16.2. The fraction of sp³-hybridized carbons (Fsp3) is 0.444. The molecule has 3 rings (SSSR count). The predicted molar refractivity (Wildman–Crippen MR) is 94.3 cm³/mol. The maximum absolute atomic E-state index is 12.8. The summed E-state index contributed by atoms with van der Waals surface area (Å²) in [6, 6.07) is 5.54. The summed E-state index contributed by atoms with van der Waals surface area (Å²) >= 11 is 0. The molecule has 1 aliphatic carbocycles. The molecular weight excluding hydrogens is 336 g/mol. The van der Waals surface area contributed by atoms with Gasteiger partial charge in [-0.3, -0.25) is 19.3 Å². The molecule has 2 fully saturated rings. The van der Waals surface area contributed by atoms with E-state index in [0.29, 0.717) is 24.1 Å². The molecule has 138 valence electrons. The van der Waals surface area contributed by atoms with Crippen LogP contribution in [-0.2, 0) is 9.59 Å². The molecule has 1 heterocycles. The first kappa shape index (κ1) is 17.9. The quantitative estimate of drug-likeness (QED) is 0.704. The van der Waals surface area contributed by atoms with Crippen molar-refractivity contribution in [3.8, 4) is 0 Å². The Bertz CT molecular complexity index is 736. The molecule has 0 bridgehead atoms. The molecule has 1 spiro atoms. The van der Waals surface area contributed by atoms with Crippen molar-refractivity contribution < 1.29 is 19.2 Å². The zero-order valence-corrected chi connectivity index (χ0v) is 14.4. The maximum Gasteiger partial charge on any atom is 0.325 e. The third-order valence-corrected chi connectivity index (χ3v) is 4.96. The van der Waals surface area contributed by atoms with E-state index in [-0.39, 0.29) is 12.5 Å². The van der Waals surface area contributed by atoms with Gasteiger partial charge in [0.05, 0.1) is 0 Å². The lowest BCUT2D eigenvalue weighted by Crippen LogP contribution is -2.47. The van der Waals surface area contributed by atoms with Gasteiger partial charge in [0.25, 0.3) is 5.91 Å². The smallest absolute Gasteiger partial charge is 0.325 e. The maximum atomic E-state index is 12.8. The molecule has 0 unspecified atom stereocenters. The third kappa shape index (κ3) is 3.54. The standard InChI is InChI=1S/C18H22N4O4/c19-15(24)12-5-7-13(8-6-12)20-14(23)11-22-16(25)18(21-17(22)26)9-3-1-2-4-10-18/h5-8H,1-4,9-11H2,(H2,19,24)(H,20,23)(H,21,26). The number of primary amides is 1. The molecule has 8 heteroatoms. The van der Waals surface area contributed by atoms with Crippen molar-refractivity contribution in [2.75, 3.05) is 11.9 Å². The number of amides is 5. The van der Waals surface area contributed by atoms with Crippen LogP contribution < -0.4 is 16.4 Å². The molecule has 0 radical (unpaired) electrons. The van der Waals surface area contributed by atoms with E-state index in [1.807, 2.05) is 0 Å². The molecule has 5 amide bonds. The van der Waals surface area contributed by atoms with Gasteiger partial charge in [0, 0.05) is 11.3 Å². The van der Waals surface area contributed by atoms with Crippen molar-refractivity contribution in [3.63, 3.8) is 0 Å². The summed E-state index contributed by atoms with van der Waals surface area (Å²) in [6.45, 7) is -0.343. The van der Waals surface area contributed by atoms with E-state index < -0.39 is 23.4 Å². The highest BCUT2D eigenvalue weighted by Gasteiger charge is 2.51. The van der Waals surface area contributed by atoms with Gasteiger partial charge in [-0.05, 0) is 37.1 Å². The first-order valence-electron chi connectivity index (χ1n) is 8.75. The van der Waals surface area contributed by atoms with Crippen molar-refractivity contribution in [3.05, 3.63) is 29.8 Å².